The Hall–Kier alpha value is -8.43. The van der Waals surface area contributed by atoms with Crippen molar-refractivity contribution in [3.8, 4) is 23.0 Å². The van der Waals surface area contributed by atoms with Crippen LogP contribution in [0.4, 0.5) is 0 Å². The normalized spacial score (nSPS) is 17.5. The number of likely N-dealkylation sites (tertiary alicyclic amines) is 3. The molecule has 0 saturated carbocycles. The monoisotopic (exact) mass is 1200 g/mol. The van der Waals surface area contributed by atoms with E-state index >= 15 is 0 Å². The van der Waals surface area contributed by atoms with E-state index in [0.717, 1.165) is 116 Å². The molecule has 0 aliphatic carbocycles. The number of hydrogen-bond donors (Lipinski definition) is 3. The number of nitrogens with zero attached hydrogens (tertiary/aromatic N) is 3. The standard InChI is InChI=1S/C29H34N2O4.2C23H26N2O2/c1-28(2,3)21-5-7-22(8-6-21)33-18-23-9-11-26(35-23)27(32)31-14-12-29(13-15-31)19-34-25-10-4-20(17-30)16-24(25)29;1-17-2-4-18(5-3-17)7-9-22(26)25-12-10-23(11-13-25)16-27-21-8-6-19(15-24)14-20(21)23;1-17-3-2-4-18(13-17)6-8-22(26)25-11-9-23(10-12-25)16-27-21-7-5-19(15-24)14-20(21)23/h4-11,16H,12-15,17-19,30H2,1-3H3;2-9,14H,10-13,15-16,24H2,1H3;2-8,13-14H,9-12,15-16,24H2,1H3/b;9-7+;8-6+. The minimum atomic E-state index is -0.0736. The molecule has 0 atom stereocenters. The number of benzene rings is 6. The topological polar surface area (TPSA) is 189 Å². The molecule has 6 aliphatic heterocycles. The van der Waals surface area contributed by atoms with Crippen LogP contribution in [0.25, 0.3) is 12.2 Å². The van der Waals surface area contributed by atoms with Crippen LogP contribution in [0.2, 0.25) is 0 Å². The van der Waals surface area contributed by atoms with Gasteiger partial charge in [0.1, 0.15) is 35.4 Å². The zero-order valence-electron chi connectivity index (χ0n) is 52.4. The molecule has 14 nitrogen and oxygen atoms in total. The van der Waals surface area contributed by atoms with Crippen molar-refractivity contribution in [2.24, 2.45) is 17.2 Å². The molecule has 6 aliphatic rings. The lowest BCUT2D eigenvalue weighted by molar-refractivity contribution is -0.128. The molecule has 3 fully saturated rings. The van der Waals surface area contributed by atoms with Gasteiger partial charge in [0.05, 0.1) is 19.8 Å². The van der Waals surface area contributed by atoms with E-state index in [1.54, 1.807) is 18.2 Å². The first-order valence-electron chi connectivity index (χ1n) is 31.5. The van der Waals surface area contributed by atoms with Crippen LogP contribution in [-0.4, -0.2) is 91.5 Å². The highest BCUT2D eigenvalue weighted by molar-refractivity contribution is 5.93. The zero-order valence-corrected chi connectivity index (χ0v) is 52.4. The van der Waals surface area contributed by atoms with Crippen LogP contribution in [-0.2, 0) is 57.5 Å². The van der Waals surface area contributed by atoms with E-state index in [-0.39, 0.29) is 46.0 Å². The van der Waals surface area contributed by atoms with Gasteiger partial charge in [-0.1, -0.05) is 129 Å². The summed E-state index contributed by atoms with van der Waals surface area (Å²) in [6, 6.07) is 46.8. The predicted molar refractivity (Wildman–Crippen MR) is 350 cm³/mol. The largest absolute Gasteiger partial charge is 0.492 e. The first-order chi connectivity index (χ1) is 43.0. The minimum absolute atomic E-state index is 0.0253. The molecule has 3 amide bonds. The first kappa shape index (κ1) is 62.2. The third-order valence-electron chi connectivity index (χ3n) is 19.1. The Bertz CT molecular complexity index is 3700. The number of piperidine rings is 3. The highest BCUT2D eigenvalue weighted by Crippen LogP contribution is 2.49. The number of amides is 3. The Morgan fingerprint density at radius 3 is 1.39 bits per heavy atom. The molecule has 6 N–H and O–H groups in total. The average Bonchev–Trinajstić information content (AvgIpc) is 1.82. The average molecular weight is 1200 g/mol. The zero-order chi connectivity index (χ0) is 62.3. The van der Waals surface area contributed by atoms with E-state index in [9.17, 15) is 14.4 Å². The van der Waals surface area contributed by atoms with Gasteiger partial charge in [-0.25, -0.2) is 0 Å². The Morgan fingerprint density at radius 1 is 0.506 bits per heavy atom. The summed E-state index contributed by atoms with van der Waals surface area (Å²) in [6.45, 7) is 19.0. The van der Waals surface area contributed by atoms with E-state index in [2.05, 4.69) is 89.2 Å². The summed E-state index contributed by atoms with van der Waals surface area (Å²) < 4.78 is 29.6. The number of carbonyl (C=O) groups is 3. The molecule has 7 heterocycles. The van der Waals surface area contributed by atoms with E-state index < -0.39 is 0 Å². The van der Waals surface area contributed by atoms with Crippen LogP contribution in [0.1, 0.15) is 137 Å². The lowest BCUT2D eigenvalue weighted by Crippen LogP contribution is -2.46. The van der Waals surface area contributed by atoms with Crippen LogP contribution in [0.5, 0.6) is 23.0 Å². The fourth-order valence-corrected chi connectivity index (χ4v) is 13.2. The van der Waals surface area contributed by atoms with Crippen LogP contribution in [0.3, 0.4) is 0 Å². The van der Waals surface area contributed by atoms with Crippen molar-refractivity contribution in [2.75, 3.05) is 59.1 Å². The summed E-state index contributed by atoms with van der Waals surface area (Å²) in [6.07, 6.45) is 12.6. The Kier molecular flexibility index (Phi) is 18.7. The number of nitrogens with two attached hydrogens (primary N) is 3. The summed E-state index contributed by atoms with van der Waals surface area (Å²) in [5.41, 5.74) is 30.5. The molecule has 464 valence electrons. The molecule has 6 aromatic carbocycles. The van der Waals surface area contributed by atoms with Gasteiger partial charge in [0.2, 0.25) is 11.8 Å². The number of ether oxygens (including phenoxy) is 4. The Balaban J connectivity index is 0.000000139. The van der Waals surface area contributed by atoms with E-state index in [1.807, 2.05) is 106 Å². The molecule has 1 aromatic heterocycles. The summed E-state index contributed by atoms with van der Waals surface area (Å²) in [7, 11) is 0. The highest BCUT2D eigenvalue weighted by Gasteiger charge is 2.46. The quantitative estimate of drug-likeness (QED) is 0.105. The summed E-state index contributed by atoms with van der Waals surface area (Å²) in [5.74, 6) is 4.77. The van der Waals surface area contributed by atoms with Gasteiger partial charge in [0.15, 0.2) is 5.76 Å². The number of furan rings is 1. The van der Waals surface area contributed by atoms with Gasteiger partial charge in [0, 0.05) is 104 Å². The van der Waals surface area contributed by atoms with Gasteiger partial charge in [-0.15, -0.1) is 0 Å². The van der Waals surface area contributed by atoms with Crippen molar-refractivity contribution in [3.05, 3.63) is 224 Å². The third kappa shape index (κ3) is 14.1. The summed E-state index contributed by atoms with van der Waals surface area (Å²) in [4.78, 5) is 44.1. The molecule has 3 saturated heterocycles. The van der Waals surface area contributed by atoms with E-state index in [0.29, 0.717) is 64.1 Å². The summed E-state index contributed by atoms with van der Waals surface area (Å²) in [5, 5.41) is 0. The number of carbonyl (C=O) groups excluding carboxylic acids is 3. The molecule has 0 bridgehead atoms. The van der Waals surface area contributed by atoms with E-state index in [1.165, 1.54) is 33.4 Å². The minimum Gasteiger partial charge on any atom is -0.492 e. The van der Waals surface area contributed by atoms with Gasteiger partial charge >= 0.3 is 0 Å². The molecular weight excluding hydrogens is 1110 g/mol. The predicted octanol–water partition coefficient (Wildman–Crippen LogP) is 12.0. The van der Waals surface area contributed by atoms with Crippen molar-refractivity contribution < 1.29 is 37.7 Å². The smallest absolute Gasteiger partial charge is 0.289 e. The number of fused-ring (bicyclic) bond motifs is 6. The number of hydrogen-bond acceptors (Lipinski definition) is 11. The van der Waals surface area contributed by atoms with Crippen LogP contribution >= 0.6 is 0 Å². The molecule has 89 heavy (non-hydrogen) atoms. The van der Waals surface area contributed by atoms with Crippen molar-refractivity contribution in [3.63, 3.8) is 0 Å². The lowest BCUT2D eigenvalue weighted by Gasteiger charge is -2.38. The highest BCUT2D eigenvalue weighted by atomic mass is 16.5. The molecule has 3 spiro atoms. The van der Waals surface area contributed by atoms with Crippen molar-refractivity contribution in [2.45, 2.75) is 121 Å². The molecule has 0 unspecified atom stereocenters. The lowest BCUT2D eigenvalue weighted by atomic mass is 9.74. The molecular formula is C75H86N6O8. The van der Waals surface area contributed by atoms with Crippen LogP contribution in [0, 0.1) is 13.8 Å². The summed E-state index contributed by atoms with van der Waals surface area (Å²) >= 11 is 0. The molecule has 0 radical (unpaired) electrons. The fraction of sp³-hybridized carbons (Fsp3) is 0.373. The van der Waals surface area contributed by atoms with Gasteiger partial charge in [-0.2, -0.15) is 0 Å². The van der Waals surface area contributed by atoms with Gasteiger partial charge in [-0.05, 0) is 146 Å². The molecule has 14 heteroatoms. The maximum atomic E-state index is 13.1. The third-order valence-corrected chi connectivity index (χ3v) is 19.1. The SMILES string of the molecule is CC(C)(C)c1ccc(OCc2ccc(C(=O)N3CCC4(CC3)COc3ccc(CN)cc34)o2)cc1.Cc1ccc(/C=C/C(=O)N2CCC3(CC2)COc2ccc(CN)cc23)cc1.Cc1cccc(/C=C/C(=O)N2CCC3(CC2)COc2ccc(CN)cc23)c1. The van der Waals surface area contributed by atoms with Crippen molar-refractivity contribution in [1.82, 2.24) is 14.7 Å². The Labute approximate surface area is 524 Å². The second kappa shape index (κ2) is 26.7. The maximum absolute atomic E-state index is 13.1. The number of aryl methyl sites for hydroxylation is 2. The van der Waals surface area contributed by atoms with Gasteiger partial charge in [0.25, 0.3) is 5.91 Å². The second-order valence-electron chi connectivity index (χ2n) is 26.1. The van der Waals surface area contributed by atoms with Crippen molar-refractivity contribution in [1.29, 1.82) is 0 Å². The molecule has 13 rings (SSSR count). The van der Waals surface area contributed by atoms with E-state index in [4.69, 9.17) is 40.6 Å². The first-order valence-corrected chi connectivity index (χ1v) is 31.5. The number of rotatable bonds is 11. The van der Waals surface area contributed by atoms with Gasteiger partial charge < -0.3 is 55.3 Å². The maximum Gasteiger partial charge on any atom is 0.289 e. The van der Waals surface area contributed by atoms with Gasteiger partial charge in [-0.3, -0.25) is 14.4 Å². The Morgan fingerprint density at radius 2 is 0.955 bits per heavy atom. The fourth-order valence-electron chi connectivity index (χ4n) is 13.2. The van der Waals surface area contributed by atoms with Crippen molar-refractivity contribution >= 4 is 29.9 Å². The van der Waals surface area contributed by atoms with Crippen LogP contribution in [0.15, 0.2) is 156 Å². The second-order valence-corrected chi connectivity index (χ2v) is 26.1. The molecule has 7 aromatic rings. The van der Waals surface area contributed by atoms with Crippen LogP contribution < -0.4 is 36.1 Å².